The molecule has 0 bridgehead atoms. The number of hydrogen-bond acceptors (Lipinski definition) is 7. The first kappa shape index (κ1) is 21.3. The van der Waals surface area contributed by atoms with Gasteiger partial charge in [0.2, 0.25) is 0 Å². The molecule has 7 nitrogen and oxygen atoms in total. The van der Waals surface area contributed by atoms with Crippen LogP contribution in [0.1, 0.15) is 17.4 Å². The van der Waals surface area contributed by atoms with Gasteiger partial charge in [-0.1, -0.05) is 36.0 Å². The van der Waals surface area contributed by atoms with E-state index in [9.17, 15) is 25.5 Å². The molecule has 0 radical (unpaired) electrons. The van der Waals surface area contributed by atoms with Crippen LogP contribution in [0.25, 0.3) is 10.9 Å². The molecule has 5 N–H and O–H groups in total. The zero-order valence-corrected chi connectivity index (χ0v) is 17.2. The molecule has 30 heavy (non-hydrogen) atoms. The van der Waals surface area contributed by atoms with E-state index < -0.39 is 37.3 Å². The van der Waals surface area contributed by atoms with Gasteiger partial charge in [0.15, 0.2) is 6.23 Å². The van der Waals surface area contributed by atoms with Gasteiger partial charge in [0.25, 0.3) is 0 Å². The Hall–Kier alpha value is -1.91. The summed E-state index contributed by atoms with van der Waals surface area (Å²) < 4.78 is 7.52. The maximum Gasteiger partial charge on any atom is 0.163 e. The first-order chi connectivity index (χ1) is 14.4. The summed E-state index contributed by atoms with van der Waals surface area (Å²) in [5.41, 5.74) is 2.69. The van der Waals surface area contributed by atoms with Gasteiger partial charge in [-0.05, 0) is 36.2 Å². The minimum atomic E-state index is -1.44. The van der Waals surface area contributed by atoms with Crippen molar-refractivity contribution >= 4 is 22.7 Å². The lowest BCUT2D eigenvalue weighted by molar-refractivity contribution is -0.250. The Morgan fingerprint density at radius 3 is 2.37 bits per heavy atom. The van der Waals surface area contributed by atoms with Crippen LogP contribution in [0.2, 0.25) is 0 Å². The molecule has 0 aliphatic carbocycles. The Balaban J connectivity index is 1.76. The molecule has 0 saturated carbocycles. The van der Waals surface area contributed by atoms with Crippen molar-refractivity contribution in [2.45, 2.75) is 54.0 Å². The standard InChI is InChI=1S/C22H25NO6S/c1-12-3-2-4-15-18(12)17(30-14-7-5-13(10-24)6-8-14)9-23(15)22-21(28)20(27)19(26)16(11-25)29-22/h2-9,16,19-22,24-28H,10-11H2,1H3/t16-,19-,20+,21-,22-/m1/s1. The Bertz CT molecular complexity index is 1020. The molecule has 0 unspecified atom stereocenters. The number of aryl methyl sites for hydroxylation is 1. The van der Waals surface area contributed by atoms with Crippen molar-refractivity contribution in [3.63, 3.8) is 0 Å². The number of aliphatic hydroxyl groups is 5. The Kier molecular flexibility index (Phi) is 6.17. The smallest absolute Gasteiger partial charge is 0.163 e. The lowest BCUT2D eigenvalue weighted by atomic mass is 9.98. The minimum absolute atomic E-state index is 0.0134. The SMILES string of the molecule is Cc1cccc2c1c(Sc1ccc(CO)cc1)cn2[C@@H]1O[C@H](CO)[C@@H](O)[C@H](O)[C@H]1O. The molecule has 4 rings (SSSR count). The van der Waals surface area contributed by atoms with E-state index in [1.54, 1.807) is 16.3 Å². The lowest BCUT2D eigenvalue weighted by Gasteiger charge is -2.40. The fraction of sp³-hybridized carbons (Fsp3) is 0.364. The summed E-state index contributed by atoms with van der Waals surface area (Å²) in [6.07, 6.45) is -4.28. The number of hydrogen-bond donors (Lipinski definition) is 5. The summed E-state index contributed by atoms with van der Waals surface area (Å²) in [5, 5.41) is 50.7. The molecule has 3 aromatic rings. The van der Waals surface area contributed by atoms with Crippen LogP contribution in [-0.4, -0.2) is 61.1 Å². The second kappa shape index (κ2) is 8.68. The van der Waals surface area contributed by atoms with Crippen LogP contribution in [0.3, 0.4) is 0 Å². The number of aromatic nitrogens is 1. The summed E-state index contributed by atoms with van der Waals surface area (Å²) in [6.45, 7) is 1.51. The van der Waals surface area contributed by atoms with Crippen LogP contribution in [0, 0.1) is 6.92 Å². The molecule has 0 spiro atoms. The summed E-state index contributed by atoms with van der Waals surface area (Å²) in [4.78, 5) is 1.93. The Labute approximate surface area is 178 Å². The molecule has 2 heterocycles. The van der Waals surface area contributed by atoms with E-state index in [4.69, 9.17) is 4.74 Å². The zero-order valence-electron chi connectivity index (χ0n) is 16.4. The molecule has 160 valence electrons. The van der Waals surface area contributed by atoms with Gasteiger partial charge in [-0.3, -0.25) is 0 Å². The van der Waals surface area contributed by atoms with Gasteiger partial charge in [-0.25, -0.2) is 0 Å². The van der Waals surface area contributed by atoms with E-state index in [2.05, 4.69) is 0 Å². The highest BCUT2D eigenvalue weighted by Gasteiger charge is 2.44. The highest BCUT2D eigenvalue weighted by Crippen LogP contribution is 2.40. The van der Waals surface area contributed by atoms with Gasteiger partial charge in [0.05, 0.1) is 18.7 Å². The van der Waals surface area contributed by atoms with Crippen molar-refractivity contribution in [2.24, 2.45) is 0 Å². The summed E-state index contributed by atoms with van der Waals surface area (Å²) >= 11 is 1.54. The van der Waals surface area contributed by atoms with Crippen LogP contribution in [0.4, 0.5) is 0 Å². The number of ether oxygens (including phenoxy) is 1. The largest absolute Gasteiger partial charge is 0.394 e. The summed E-state index contributed by atoms with van der Waals surface area (Å²) in [6, 6.07) is 13.4. The van der Waals surface area contributed by atoms with Crippen molar-refractivity contribution in [1.29, 1.82) is 0 Å². The minimum Gasteiger partial charge on any atom is -0.394 e. The first-order valence-corrected chi connectivity index (χ1v) is 10.5. The summed E-state index contributed by atoms with van der Waals surface area (Å²) in [7, 11) is 0. The molecule has 1 saturated heterocycles. The monoisotopic (exact) mass is 431 g/mol. The molecular weight excluding hydrogens is 406 g/mol. The predicted octanol–water partition coefficient (Wildman–Crippen LogP) is 1.57. The summed E-state index contributed by atoms with van der Waals surface area (Å²) in [5.74, 6) is 0. The normalized spacial score (nSPS) is 26.9. The average molecular weight is 432 g/mol. The third-order valence-corrected chi connectivity index (χ3v) is 6.54. The molecule has 1 aliphatic heterocycles. The van der Waals surface area contributed by atoms with Crippen molar-refractivity contribution in [3.8, 4) is 0 Å². The quantitative estimate of drug-likeness (QED) is 0.416. The lowest BCUT2D eigenvalue weighted by Crippen LogP contribution is -2.56. The number of fused-ring (bicyclic) bond motifs is 1. The van der Waals surface area contributed by atoms with E-state index in [-0.39, 0.29) is 6.61 Å². The molecule has 1 aliphatic rings. The molecule has 8 heteroatoms. The highest BCUT2D eigenvalue weighted by molar-refractivity contribution is 7.99. The van der Waals surface area contributed by atoms with Crippen molar-refractivity contribution < 1.29 is 30.3 Å². The topological polar surface area (TPSA) is 115 Å². The average Bonchev–Trinajstić information content (AvgIpc) is 3.12. The van der Waals surface area contributed by atoms with E-state index in [0.717, 1.165) is 31.8 Å². The van der Waals surface area contributed by atoms with Crippen molar-refractivity contribution in [3.05, 3.63) is 59.8 Å². The molecular formula is C22H25NO6S. The second-order valence-electron chi connectivity index (χ2n) is 7.49. The second-order valence-corrected chi connectivity index (χ2v) is 8.61. The molecule has 1 aromatic heterocycles. The number of rotatable bonds is 5. The fourth-order valence-electron chi connectivity index (χ4n) is 3.84. The maximum atomic E-state index is 10.6. The zero-order chi connectivity index (χ0) is 21.4. The highest BCUT2D eigenvalue weighted by atomic mass is 32.2. The van der Waals surface area contributed by atoms with Crippen LogP contribution in [0.5, 0.6) is 0 Å². The van der Waals surface area contributed by atoms with Crippen LogP contribution < -0.4 is 0 Å². The van der Waals surface area contributed by atoms with Crippen molar-refractivity contribution in [1.82, 2.24) is 4.57 Å². The fourth-order valence-corrected chi connectivity index (χ4v) is 4.90. The van der Waals surface area contributed by atoms with Crippen LogP contribution in [0.15, 0.2) is 58.5 Å². The Morgan fingerprint density at radius 1 is 0.967 bits per heavy atom. The van der Waals surface area contributed by atoms with Crippen LogP contribution >= 0.6 is 11.8 Å². The van der Waals surface area contributed by atoms with Gasteiger partial charge >= 0.3 is 0 Å². The van der Waals surface area contributed by atoms with Crippen LogP contribution in [-0.2, 0) is 11.3 Å². The number of aliphatic hydroxyl groups excluding tert-OH is 5. The molecule has 5 atom stereocenters. The van der Waals surface area contributed by atoms with E-state index in [1.807, 2.05) is 55.6 Å². The van der Waals surface area contributed by atoms with E-state index in [1.165, 1.54) is 0 Å². The van der Waals surface area contributed by atoms with E-state index in [0.29, 0.717) is 0 Å². The Morgan fingerprint density at radius 2 is 1.70 bits per heavy atom. The number of nitrogens with zero attached hydrogens (tertiary/aromatic N) is 1. The maximum absolute atomic E-state index is 10.6. The molecule has 2 aromatic carbocycles. The first-order valence-electron chi connectivity index (χ1n) is 9.73. The molecule has 0 amide bonds. The third kappa shape index (κ3) is 3.76. The predicted molar refractivity (Wildman–Crippen MR) is 112 cm³/mol. The number of benzene rings is 2. The third-order valence-electron chi connectivity index (χ3n) is 5.51. The van der Waals surface area contributed by atoms with E-state index >= 15 is 0 Å². The van der Waals surface area contributed by atoms with Gasteiger partial charge in [0.1, 0.15) is 24.4 Å². The molecule has 1 fully saturated rings. The van der Waals surface area contributed by atoms with Crippen molar-refractivity contribution in [2.75, 3.05) is 6.61 Å². The van der Waals surface area contributed by atoms with Gasteiger partial charge in [-0.2, -0.15) is 0 Å². The van der Waals surface area contributed by atoms with Gasteiger partial charge in [-0.15, -0.1) is 0 Å². The van der Waals surface area contributed by atoms with Gasteiger partial charge < -0.3 is 34.8 Å². The van der Waals surface area contributed by atoms with Gasteiger partial charge in [0, 0.05) is 21.4 Å².